The zero-order valence-electron chi connectivity index (χ0n) is 20.1. The van der Waals surface area contributed by atoms with Crippen LogP contribution >= 0.6 is 23.0 Å². The van der Waals surface area contributed by atoms with Crippen molar-refractivity contribution in [1.29, 1.82) is 0 Å². The number of hydrogen-bond donors (Lipinski definition) is 0. The van der Waals surface area contributed by atoms with Gasteiger partial charge in [-0.3, -0.25) is 26.3 Å². The monoisotopic (exact) mass is 597 g/mol. The fourth-order valence-corrected chi connectivity index (χ4v) is 12.1. The van der Waals surface area contributed by atoms with E-state index in [4.69, 9.17) is 27.1 Å². The van der Waals surface area contributed by atoms with E-state index in [1.807, 2.05) is 0 Å². The van der Waals surface area contributed by atoms with Crippen molar-refractivity contribution >= 4 is 23.0 Å². The maximum absolute atomic E-state index is 12.8. The molecule has 1 aliphatic heterocycles. The molecule has 0 fully saturated rings. The van der Waals surface area contributed by atoms with Crippen molar-refractivity contribution < 1.29 is 53.5 Å². The van der Waals surface area contributed by atoms with Crippen LogP contribution in [0.4, 0.5) is 26.3 Å². The summed E-state index contributed by atoms with van der Waals surface area (Å²) in [7, 11) is -11.5. The van der Waals surface area contributed by atoms with Crippen LogP contribution in [0.5, 0.6) is 0 Å². The van der Waals surface area contributed by atoms with Gasteiger partial charge in [0.2, 0.25) is 0 Å². The van der Waals surface area contributed by atoms with E-state index in [1.54, 1.807) is 0 Å². The van der Waals surface area contributed by atoms with Crippen LogP contribution in [0, 0.1) is 0 Å². The molecule has 0 N–H and O–H groups in total. The highest BCUT2D eigenvalue weighted by Gasteiger charge is 2.43. The van der Waals surface area contributed by atoms with E-state index in [0.717, 1.165) is 0 Å². The Hall–Kier alpha value is 0.0300. The molecule has 216 valence electrons. The van der Waals surface area contributed by atoms with E-state index >= 15 is 0 Å². The van der Waals surface area contributed by atoms with Gasteiger partial charge in [0.05, 0.1) is 79.7 Å². The average molecular weight is 597 g/mol. The van der Waals surface area contributed by atoms with Gasteiger partial charge >= 0.3 is 23.0 Å². The molecule has 1 heterocycles. The summed E-state index contributed by atoms with van der Waals surface area (Å²) in [5.41, 5.74) is 0. The van der Waals surface area contributed by atoms with E-state index in [-0.39, 0.29) is 78.2 Å². The lowest BCUT2D eigenvalue weighted by Gasteiger charge is -2.33. The molecule has 0 aromatic rings. The van der Waals surface area contributed by atoms with Gasteiger partial charge in [0, 0.05) is 0 Å². The smallest absolute Gasteiger partial charge is 0.306 e. The van der Waals surface area contributed by atoms with Gasteiger partial charge in [0.15, 0.2) is 0 Å². The van der Waals surface area contributed by atoms with Crippen molar-refractivity contribution in [3.05, 3.63) is 0 Å². The minimum absolute atomic E-state index is 0.0515. The normalized spacial score (nSPS) is 17.8. The topological polar surface area (TPSA) is 92.5 Å². The Balaban J connectivity index is 3.72. The summed E-state index contributed by atoms with van der Waals surface area (Å²) < 4.78 is 125. The number of hydrogen-bond acceptors (Lipinski definition) is 9. The third-order valence-corrected chi connectivity index (χ3v) is 12.4. The zero-order chi connectivity index (χ0) is 26.6. The molecule has 0 aromatic heterocycles. The quantitative estimate of drug-likeness (QED) is 0.0635. The Morgan fingerprint density at radius 1 is 0.333 bits per heavy atom. The van der Waals surface area contributed by atoms with Crippen LogP contribution in [-0.4, -0.2) is 79.7 Å². The minimum atomic E-state index is -3.84. The standard InChI is InChI=1S/C18H36F6N3O6P3/c19-7-1-13-28-34(29-14-2-8-20)25-35(30-15-3-9-21,31-16-4-10-22)27-36(26-34,32-17-5-11-23)33-18-6-12-24/h1-18H2. The molecule has 0 saturated heterocycles. The fourth-order valence-electron chi connectivity index (χ4n) is 2.33. The average Bonchev–Trinajstić information content (AvgIpc) is 2.85. The van der Waals surface area contributed by atoms with Crippen molar-refractivity contribution in [2.75, 3.05) is 79.7 Å². The number of alkyl halides is 6. The second-order valence-corrected chi connectivity index (χ2v) is 13.6. The highest BCUT2D eigenvalue weighted by Crippen LogP contribution is 2.80. The van der Waals surface area contributed by atoms with Crippen molar-refractivity contribution in [3.8, 4) is 0 Å². The molecule has 0 aromatic carbocycles. The first kappa shape index (κ1) is 34.1. The SMILES string of the molecule is FCCCOP1(OCCCF)=NP(OCCCF)(OCCCF)=NP(OCCCF)(OCCCF)=N1. The number of nitrogens with zero attached hydrogens (tertiary/aromatic N) is 3. The van der Waals surface area contributed by atoms with Crippen LogP contribution in [0.15, 0.2) is 13.5 Å². The largest absolute Gasteiger partial charge is 0.349 e. The van der Waals surface area contributed by atoms with Crippen molar-refractivity contribution in [1.82, 2.24) is 0 Å². The lowest BCUT2D eigenvalue weighted by molar-refractivity contribution is 0.202. The maximum atomic E-state index is 12.8. The molecule has 0 saturated carbocycles. The van der Waals surface area contributed by atoms with Crippen LogP contribution < -0.4 is 0 Å². The molecule has 9 nitrogen and oxygen atoms in total. The van der Waals surface area contributed by atoms with Gasteiger partial charge in [-0.05, 0) is 38.5 Å². The molecule has 0 atom stereocenters. The third-order valence-electron chi connectivity index (χ3n) is 3.90. The van der Waals surface area contributed by atoms with Crippen molar-refractivity contribution in [2.45, 2.75) is 38.5 Å². The van der Waals surface area contributed by atoms with E-state index in [1.165, 1.54) is 0 Å². The van der Waals surface area contributed by atoms with Gasteiger partial charge in [-0.1, -0.05) is 0 Å². The van der Waals surface area contributed by atoms with Crippen LogP contribution in [0.2, 0.25) is 0 Å². The first-order valence-electron chi connectivity index (χ1n) is 11.6. The van der Waals surface area contributed by atoms with E-state index in [9.17, 15) is 26.3 Å². The highest BCUT2D eigenvalue weighted by atomic mass is 31.3. The molecule has 0 unspecified atom stereocenters. The Kier molecular flexibility index (Phi) is 18.9. The summed E-state index contributed by atoms with van der Waals surface area (Å²) in [5.74, 6) is 0. The van der Waals surface area contributed by atoms with Crippen LogP contribution in [0.1, 0.15) is 38.5 Å². The van der Waals surface area contributed by atoms with Gasteiger partial charge in [-0.2, -0.15) is 0 Å². The fraction of sp³-hybridized carbons (Fsp3) is 1.00. The Morgan fingerprint density at radius 3 is 0.639 bits per heavy atom. The van der Waals surface area contributed by atoms with Crippen molar-refractivity contribution in [3.63, 3.8) is 0 Å². The molecule has 0 bridgehead atoms. The molecular formula is C18H36F6N3O6P3. The summed E-state index contributed by atoms with van der Waals surface area (Å²) in [4.78, 5) is 0. The first-order valence-corrected chi connectivity index (χ1v) is 16.2. The second kappa shape index (κ2) is 20.0. The van der Waals surface area contributed by atoms with Gasteiger partial charge in [-0.15, -0.1) is 13.5 Å². The summed E-state index contributed by atoms with van der Waals surface area (Å²) in [6.45, 7) is -5.63. The predicted octanol–water partition coefficient (Wildman–Crippen LogP) is 8.10. The van der Waals surface area contributed by atoms with E-state index in [0.29, 0.717) is 0 Å². The lowest BCUT2D eigenvalue weighted by Crippen LogP contribution is -2.08. The molecular weight excluding hydrogens is 561 g/mol. The van der Waals surface area contributed by atoms with Crippen LogP contribution in [0.25, 0.3) is 0 Å². The number of rotatable bonds is 24. The minimum Gasteiger partial charge on any atom is -0.306 e. The van der Waals surface area contributed by atoms with Crippen LogP contribution in [0.3, 0.4) is 0 Å². The van der Waals surface area contributed by atoms with Gasteiger partial charge in [0.1, 0.15) is 0 Å². The zero-order valence-corrected chi connectivity index (χ0v) is 22.8. The van der Waals surface area contributed by atoms with Crippen LogP contribution in [-0.2, 0) is 27.1 Å². The second-order valence-electron chi connectivity index (χ2n) is 6.99. The summed E-state index contributed by atoms with van der Waals surface area (Å²) in [5, 5.41) is 0. The molecule has 36 heavy (non-hydrogen) atoms. The maximum Gasteiger partial charge on any atom is 0.349 e. The highest BCUT2D eigenvalue weighted by molar-refractivity contribution is 7.78. The van der Waals surface area contributed by atoms with E-state index in [2.05, 4.69) is 13.5 Å². The molecule has 0 spiro atoms. The van der Waals surface area contributed by atoms with Gasteiger partial charge in [0.25, 0.3) is 0 Å². The molecule has 0 amide bonds. The molecule has 1 rings (SSSR count). The summed E-state index contributed by atoms with van der Waals surface area (Å²) in [6.07, 6.45) is -0.309. The lowest BCUT2D eigenvalue weighted by atomic mass is 10.5. The summed E-state index contributed by atoms with van der Waals surface area (Å²) in [6, 6.07) is 0. The number of halogens is 6. The Morgan fingerprint density at radius 2 is 0.500 bits per heavy atom. The van der Waals surface area contributed by atoms with Gasteiger partial charge in [-0.25, -0.2) is 0 Å². The van der Waals surface area contributed by atoms with E-state index < -0.39 is 63.0 Å². The summed E-state index contributed by atoms with van der Waals surface area (Å²) >= 11 is 0. The first-order chi connectivity index (χ1) is 17.5. The Labute approximate surface area is 208 Å². The molecule has 1 aliphatic rings. The molecule has 0 aliphatic carbocycles. The molecule has 18 heteroatoms. The van der Waals surface area contributed by atoms with Crippen molar-refractivity contribution in [2.24, 2.45) is 13.5 Å². The molecule has 0 radical (unpaired) electrons. The Bertz CT molecular complexity index is 602. The third kappa shape index (κ3) is 12.7. The van der Waals surface area contributed by atoms with Gasteiger partial charge < -0.3 is 27.1 Å². The predicted molar refractivity (Wildman–Crippen MR) is 127 cm³/mol.